The largest absolute Gasteiger partial charge is 0.456 e. The molecule has 1 aliphatic rings. The van der Waals surface area contributed by atoms with E-state index in [1.807, 2.05) is 12.1 Å². The molecule has 0 fully saturated rings. The van der Waals surface area contributed by atoms with E-state index in [4.69, 9.17) is 14.4 Å². The average molecular weight is 653 g/mol. The Kier molecular flexibility index (Phi) is 6.95. The van der Waals surface area contributed by atoms with Gasteiger partial charge in [0.2, 0.25) is 0 Å². The first-order chi connectivity index (χ1) is 25.2. The molecule has 0 saturated heterocycles. The van der Waals surface area contributed by atoms with Crippen LogP contribution >= 0.6 is 0 Å². The van der Waals surface area contributed by atoms with Gasteiger partial charge >= 0.3 is 0 Å². The molecule has 240 valence electrons. The number of para-hydroxylation sites is 1. The minimum atomic E-state index is 0.246. The molecule has 1 unspecified atom stereocenters. The molecule has 0 spiro atoms. The fourth-order valence-electron chi connectivity index (χ4n) is 7.52. The van der Waals surface area contributed by atoms with Crippen molar-refractivity contribution in [3.63, 3.8) is 0 Å². The zero-order chi connectivity index (χ0) is 33.7. The van der Waals surface area contributed by atoms with E-state index >= 15 is 0 Å². The molecule has 0 aliphatic heterocycles. The lowest BCUT2D eigenvalue weighted by Crippen LogP contribution is -2.00. The van der Waals surface area contributed by atoms with Crippen LogP contribution in [0.3, 0.4) is 0 Å². The first-order valence-corrected chi connectivity index (χ1v) is 17.5. The van der Waals surface area contributed by atoms with Crippen molar-refractivity contribution in [2.24, 2.45) is 0 Å². The van der Waals surface area contributed by atoms with Crippen molar-refractivity contribution in [3.05, 3.63) is 182 Å². The van der Waals surface area contributed by atoms with Gasteiger partial charge in [-0.2, -0.15) is 0 Å². The van der Waals surface area contributed by atoms with Gasteiger partial charge < -0.3 is 4.42 Å². The molecule has 1 aliphatic carbocycles. The van der Waals surface area contributed by atoms with Crippen LogP contribution in [0.15, 0.2) is 180 Å². The quantitative estimate of drug-likeness (QED) is 0.186. The highest BCUT2D eigenvalue weighted by Gasteiger charge is 2.21. The minimum absolute atomic E-state index is 0.246. The van der Waals surface area contributed by atoms with Crippen molar-refractivity contribution in [3.8, 4) is 45.0 Å². The second-order valence-electron chi connectivity index (χ2n) is 13.4. The number of furan rings is 1. The van der Waals surface area contributed by atoms with E-state index in [1.165, 1.54) is 38.2 Å². The van der Waals surface area contributed by atoms with E-state index in [2.05, 4.69) is 164 Å². The molecule has 3 heteroatoms. The van der Waals surface area contributed by atoms with Crippen molar-refractivity contribution < 1.29 is 4.42 Å². The summed E-state index contributed by atoms with van der Waals surface area (Å²) in [6.07, 6.45) is 9.68. The van der Waals surface area contributed by atoms with Crippen LogP contribution in [-0.2, 0) is 0 Å². The Bertz CT molecular complexity index is 2840. The molecule has 0 saturated carbocycles. The van der Waals surface area contributed by atoms with E-state index in [0.29, 0.717) is 5.82 Å². The third-order valence-corrected chi connectivity index (χ3v) is 10.2. The molecular weight excluding hydrogens is 621 g/mol. The summed E-state index contributed by atoms with van der Waals surface area (Å²) >= 11 is 0. The van der Waals surface area contributed by atoms with Gasteiger partial charge in [0.15, 0.2) is 5.82 Å². The third-order valence-electron chi connectivity index (χ3n) is 10.2. The lowest BCUT2D eigenvalue weighted by Gasteiger charge is -2.16. The number of aromatic nitrogens is 2. The normalized spacial score (nSPS) is 14.2. The minimum Gasteiger partial charge on any atom is -0.456 e. The summed E-state index contributed by atoms with van der Waals surface area (Å²) in [4.78, 5) is 10.7. The highest BCUT2D eigenvalue weighted by Crippen LogP contribution is 2.41. The fourth-order valence-corrected chi connectivity index (χ4v) is 7.52. The van der Waals surface area contributed by atoms with Crippen molar-refractivity contribution in [2.75, 3.05) is 0 Å². The molecular formula is C48H32N2O. The molecule has 0 N–H and O–H groups in total. The van der Waals surface area contributed by atoms with Crippen molar-refractivity contribution in [1.82, 2.24) is 9.97 Å². The number of nitrogens with zero attached hydrogens (tertiary/aromatic N) is 2. The van der Waals surface area contributed by atoms with E-state index in [9.17, 15) is 0 Å². The van der Waals surface area contributed by atoms with Crippen LogP contribution in [0.1, 0.15) is 17.9 Å². The maximum Gasteiger partial charge on any atom is 0.161 e. The second-order valence-corrected chi connectivity index (χ2v) is 13.4. The van der Waals surface area contributed by atoms with Gasteiger partial charge in [0, 0.05) is 33.4 Å². The number of rotatable bonds is 5. The Balaban J connectivity index is 1.20. The average Bonchev–Trinajstić information content (AvgIpc) is 3.59. The third kappa shape index (κ3) is 5.31. The lowest BCUT2D eigenvalue weighted by atomic mass is 9.90. The van der Waals surface area contributed by atoms with Gasteiger partial charge in [0.1, 0.15) is 11.2 Å². The van der Waals surface area contributed by atoms with Gasteiger partial charge in [-0.1, -0.05) is 133 Å². The lowest BCUT2D eigenvalue weighted by molar-refractivity contribution is 0.667. The molecule has 2 aromatic heterocycles. The summed E-state index contributed by atoms with van der Waals surface area (Å²) in [6.45, 7) is 0. The number of allylic oxidation sites excluding steroid dienone is 4. The maximum absolute atomic E-state index is 6.52. The van der Waals surface area contributed by atoms with Crippen molar-refractivity contribution in [1.29, 1.82) is 0 Å². The van der Waals surface area contributed by atoms with Gasteiger partial charge in [0.25, 0.3) is 0 Å². The van der Waals surface area contributed by atoms with E-state index < -0.39 is 0 Å². The summed E-state index contributed by atoms with van der Waals surface area (Å²) in [7, 11) is 0. The second kappa shape index (κ2) is 12.1. The Morgan fingerprint density at radius 1 is 0.490 bits per heavy atom. The van der Waals surface area contributed by atoms with E-state index in [-0.39, 0.29) is 5.92 Å². The molecule has 7 aromatic carbocycles. The van der Waals surface area contributed by atoms with Crippen LogP contribution < -0.4 is 0 Å². The summed E-state index contributed by atoms with van der Waals surface area (Å²) in [5, 5.41) is 6.85. The highest BCUT2D eigenvalue weighted by molar-refractivity contribution is 6.12. The molecule has 9 aromatic rings. The molecule has 0 amide bonds. The highest BCUT2D eigenvalue weighted by atomic mass is 16.3. The Hall–Kier alpha value is -6.58. The predicted octanol–water partition coefficient (Wildman–Crippen LogP) is 13.0. The summed E-state index contributed by atoms with van der Waals surface area (Å²) in [5.74, 6) is 0.930. The molecule has 0 bridgehead atoms. The zero-order valence-corrected chi connectivity index (χ0v) is 27.8. The number of hydrogen-bond acceptors (Lipinski definition) is 3. The SMILES string of the molecule is C1=CCC(c2cc(-c3nc(-c4ccc5ccccc5c4)cc(-c4ccc5cc(-c6ccccc6)ccc5c4)n3)c3c(c2)oc2ccccc23)C=C1. The van der Waals surface area contributed by atoms with Crippen LogP contribution in [0.5, 0.6) is 0 Å². The number of benzene rings is 7. The van der Waals surface area contributed by atoms with E-state index in [1.54, 1.807) is 0 Å². The van der Waals surface area contributed by atoms with Gasteiger partial charge in [-0.05, 0) is 87.1 Å². The van der Waals surface area contributed by atoms with Gasteiger partial charge in [-0.15, -0.1) is 0 Å². The molecule has 0 radical (unpaired) electrons. The molecule has 2 heterocycles. The summed E-state index contributed by atoms with van der Waals surface area (Å²) in [5.41, 5.74) is 10.2. The molecule has 3 nitrogen and oxygen atoms in total. The van der Waals surface area contributed by atoms with Crippen LogP contribution in [0, 0.1) is 0 Å². The maximum atomic E-state index is 6.52. The number of hydrogen-bond donors (Lipinski definition) is 0. The van der Waals surface area contributed by atoms with Crippen molar-refractivity contribution >= 4 is 43.5 Å². The summed E-state index contributed by atoms with van der Waals surface area (Å²) in [6, 6.07) is 53.8. The van der Waals surface area contributed by atoms with E-state index in [0.717, 1.165) is 56.4 Å². The Morgan fingerprint density at radius 3 is 1.90 bits per heavy atom. The first kappa shape index (κ1) is 29.3. The molecule has 10 rings (SSSR count). The monoisotopic (exact) mass is 652 g/mol. The van der Waals surface area contributed by atoms with Gasteiger partial charge in [0.05, 0.1) is 11.4 Å². The fraction of sp³-hybridized carbons (Fsp3) is 0.0417. The topological polar surface area (TPSA) is 38.9 Å². The van der Waals surface area contributed by atoms with Crippen molar-refractivity contribution in [2.45, 2.75) is 12.3 Å². The summed E-state index contributed by atoms with van der Waals surface area (Å²) < 4.78 is 6.52. The van der Waals surface area contributed by atoms with Gasteiger partial charge in [-0.3, -0.25) is 0 Å². The standard InChI is InChI=1S/C48H32N2O/c1-3-11-31(12-4-1)35-20-21-37-27-39(24-22-36(37)25-35)44-30-43(38-23-19-33-15-7-8-16-34(33)26-38)49-48(50-44)42-28-40(32-13-5-2-6-14-32)29-46-47(42)41-17-9-10-18-45(41)51-46/h1-13,15-30,32H,14H2. The smallest absolute Gasteiger partial charge is 0.161 e. The molecule has 1 atom stereocenters. The van der Waals surface area contributed by atoms with Crippen LogP contribution in [0.2, 0.25) is 0 Å². The Morgan fingerprint density at radius 2 is 1.14 bits per heavy atom. The zero-order valence-electron chi connectivity index (χ0n) is 27.8. The van der Waals surface area contributed by atoms with Crippen LogP contribution in [0.4, 0.5) is 0 Å². The Labute approximate surface area is 295 Å². The van der Waals surface area contributed by atoms with Gasteiger partial charge in [-0.25, -0.2) is 9.97 Å². The predicted molar refractivity (Wildman–Crippen MR) is 212 cm³/mol. The molecule has 51 heavy (non-hydrogen) atoms. The first-order valence-electron chi connectivity index (χ1n) is 17.5. The van der Waals surface area contributed by atoms with Crippen LogP contribution in [0.25, 0.3) is 88.5 Å². The number of fused-ring (bicyclic) bond motifs is 5. The van der Waals surface area contributed by atoms with Crippen LogP contribution in [-0.4, -0.2) is 9.97 Å².